The Hall–Kier alpha value is -8.16. The molecule has 13 nitrogen and oxygen atoms in total. The summed E-state index contributed by atoms with van der Waals surface area (Å²) in [5, 5.41) is 6.15. The van der Waals surface area contributed by atoms with Gasteiger partial charge in [0.15, 0.2) is 0 Å². The van der Waals surface area contributed by atoms with Gasteiger partial charge in [-0.15, -0.1) is 0 Å². The number of nitrogens with zero attached hydrogens (tertiary/aromatic N) is 2. The zero-order valence-corrected chi connectivity index (χ0v) is 37.7. The lowest BCUT2D eigenvalue weighted by atomic mass is 9.74. The number of hydrogen-bond donors (Lipinski definition) is 4. The predicted octanol–water partition coefficient (Wildman–Crippen LogP) is 8.41. The van der Waals surface area contributed by atoms with Crippen molar-refractivity contribution in [2.24, 2.45) is 0 Å². The van der Waals surface area contributed by atoms with Crippen molar-refractivity contribution in [3.05, 3.63) is 227 Å². The molecular weight excluding hydrogens is 845 g/mol. The molecule has 340 valence electrons. The molecule has 2 aromatic heterocycles. The summed E-state index contributed by atoms with van der Waals surface area (Å²) in [5.41, 5.74) is 1.92. The number of amides is 2. The molecule has 13 heteroatoms. The van der Waals surface area contributed by atoms with Gasteiger partial charge in [-0.2, -0.15) is 0 Å². The van der Waals surface area contributed by atoms with Gasteiger partial charge in [0.25, 0.3) is 11.8 Å². The summed E-state index contributed by atoms with van der Waals surface area (Å²) in [6.45, 7) is 0.722. The van der Waals surface area contributed by atoms with Crippen molar-refractivity contribution in [3.8, 4) is 23.0 Å². The summed E-state index contributed by atoms with van der Waals surface area (Å²) in [5.74, 6) is 3.55. The maximum absolute atomic E-state index is 14.1. The molecular formula is C54H52N6O7. The maximum Gasteiger partial charge on any atom is 0.251 e. The minimum atomic E-state index is -1.52. The first kappa shape index (κ1) is 45.4. The number of aromatic nitrogens is 4. The number of carbonyl (C=O) groups excluding carboxylic acids is 2. The molecule has 2 heterocycles. The molecule has 0 bridgehead atoms. The second-order valence-electron chi connectivity index (χ2n) is 15.6. The van der Waals surface area contributed by atoms with Gasteiger partial charge in [-0.3, -0.25) is 9.59 Å². The smallest absolute Gasteiger partial charge is 0.251 e. The number of ether oxygens (including phenoxy) is 5. The highest BCUT2D eigenvalue weighted by Gasteiger charge is 2.49. The summed E-state index contributed by atoms with van der Waals surface area (Å²) in [7, 11) is 6.48. The van der Waals surface area contributed by atoms with Gasteiger partial charge in [0, 0.05) is 61.8 Å². The molecule has 2 amide bonds. The number of imidazole rings is 2. The van der Waals surface area contributed by atoms with Crippen LogP contribution in [0.1, 0.15) is 65.7 Å². The summed E-state index contributed by atoms with van der Waals surface area (Å²) >= 11 is 0. The van der Waals surface area contributed by atoms with E-state index in [1.54, 1.807) is 65.4 Å². The SMILES string of the molecule is COc1ccc(C(OC(c2ccc(OC)cc2)(c2ccc(OC)cc2)c2cccc(C(=O)NCCc3ncc[nH]3)c2)(c2ccc(OC)cc2)c2cccc(C(=O)NCCc3ncc[nH]3)c2)cc1. The van der Waals surface area contributed by atoms with Crippen molar-refractivity contribution in [3.63, 3.8) is 0 Å². The van der Waals surface area contributed by atoms with Crippen molar-refractivity contribution >= 4 is 11.8 Å². The lowest BCUT2D eigenvalue weighted by Crippen LogP contribution is -2.45. The second kappa shape index (κ2) is 20.8. The average Bonchev–Trinajstić information content (AvgIpc) is 4.13. The summed E-state index contributed by atoms with van der Waals surface area (Å²) in [6, 6.07) is 45.8. The molecule has 0 aliphatic carbocycles. The Balaban J connectivity index is 1.39. The topological polar surface area (TPSA) is 162 Å². The minimum Gasteiger partial charge on any atom is -0.497 e. The Morgan fingerprint density at radius 1 is 0.463 bits per heavy atom. The van der Waals surface area contributed by atoms with Crippen LogP contribution in [-0.4, -0.2) is 73.3 Å². The molecule has 0 saturated carbocycles. The molecule has 67 heavy (non-hydrogen) atoms. The van der Waals surface area contributed by atoms with Gasteiger partial charge in [0.1, 0.15) is 45.8 Å². The van der Waals surface area contributed by atoms with Gasteiger partial charge in [-0.25, -0.2) is 9.97 Å². The Morgan fingerprint density at radius 2 is 0.791 bits per heavy atom. The zero-order valence-electron chi connectivity index (χ0n) is 37.7. The standard InChI is InChI=1S/C54H52N6O7/c1-63-45-19-11-39(12-20-45)53(40-13-21-46(64-2)22-14-40,43-9-5-7-37(35-43)51(61)59-29-27-49-55-31-32-56-49)67-54(41-15-23-47(65-3)24-16-41,42-17-25-48(66-4)26-18-42)44-10-6-8-38(36-44)52(62)60-30-28-50-57-33-34-58-50/h5-26,31-36H,27-30H2,1-4H3,(H,55,56)(H,57,58)(H,59,61)(H,60,62). The highest BCUT2D eigenvalue weighted by atomic mass is 16.5. The van der Waals surface area contributed by atoms with Crippen LogP contribution in [0, 0.1) is 0 Å². The predicted molar refractivity (Wildman–Crippen MR) is 255 cm³/mol. The second-order valence-corrected chi connectivity index (χ2v) is 15.6. The molecule has 8 aromatic rings. The summed E-state index contributed by atoms with van der Waals surface area (Å²) < 4.78 is 31.1. The number of carbonyl (C=O) groups is 2. The fourth-order valence-corrected chi connectivity index (χ4v) is 8.31. The molecule has 0 fully saturated rings. The number of H-pyrrole nitrogens is 2. The van der Waals surface area contributed by atoms with Crippen LogP contribution in [0.3, 0.4) is 0 Å². The number of hydrogen-bond acceptors (Lipinski definition) is 9. The summed E-state index contributed by atoms with van der Waals surface area (Å²) in [6.07, 6.45) is 7.93. The van der Waals surface area contributed by atoms with E-state index in [0.717, 1.165) is 11.6 Å². The fraction of sp³-hybridized carbons (Fsp3) is 0.185. The van der Waals surface area contributed by atoms with Crippen LogP contribution >= 0.6 is 0 Å². The maximum atomic E-state index is 14.1. The normalized spacial score (nSPS) is 11.4. The van der Waals surface area contributed by atoms with E-state index >= 15 is 0 Å². The molecule has 6 aromatic carbocycles. The highest BCUT2D eigenvalue weighted by Crippen LogP contribution is 2.52. The van der Waals surface area contributed by atoms with Crippen LogP contribution < -0.4 is 29.6 Å². The van der Waals surface area contributed by atoms with Crippen LogP contribution in [0.5, 0.6) is 23.0 Å². The zero-order chi connectivity index (χ0) is 46.6. The van der Waals surface area contributed by atoms with Crippen LogP contribution in [0.25, 0.3) is 0 Å². The molecule has 0 saturated heterocycles. The van der Waals surface area contributed by atoms with E-state index < -0.39 is 11.2 Å². The third kappa shape index (κ3) is 9.77. The van der Waals surface area contributed by atoms with Gasteiger partial charge in [-0.1, -0.05) is 72.8 Å². The first-order valence-corrected chi connectivity index (χ1v) is 21.8. The number of rotatable bonds is 20. The third-order valence-electron chi connectivity index (χ3n) is 11.8. The van der Waals surface area contributed by atoms with Gasteiger partial charge >= 0.3 is 0 Å². The number of aromatic amines is 2. The number of methoxy groups -OCH3 is 4. The quantitative estimate of drug-likeness (QED) is 0.0551. The van der Waals surface area contributed by atoms with Gasteiger partial charge in [-0.05, 0) is 106 Å². The van der Waals surface area contributed by atoms with Crippen LogP contribution in [0.2, 0.25) is 0 Å². The first-order valence-electron chi connectivity index (χ1n) is 21.8. The van der Waals surface area contributed by atoms with E-state index in [1.807, 2.05) is 133 Å². The first-order chi connectivity index (χ1) is 32.8. The van der Waals surface area contributed by atoms with Crippen LogP contribution in [0.4, 0.5) is 0 Å². The Morgan fingerprint density at radius 3 is 1.07 bits per heavy atom. The van der Waals surface area contributed by atoms with E-state index in [9.17, 15) is 9.59 Å². The largest absolute Gasteiger partial charge is 0.497 e. The van der Waals surface area contributed by atoms with E-state index in [4.69, 9.17) is 23.7 Å². The molecule has 0 atom stereocenters. The lowest BCUT2D eigenvalue weighted by molar-refractivity contribution is -0.0811. The molecule has 4 N–H and O–H groups in total. The minimum absolute atomic E-state index is 0.269. The van der Waals surface area contributed by atoms with Crippen molar-refractivity contribution in [2.45, 2.75) is 24.0 Å². The van der Waals surface area contributed by atoms with E-state index in [-0.39, 0.29) is 11.8 Å². The highest BCUT2D eigenvalue weighted by molar-refractivity contribution is 5.95. The average molecular weight is 897 g/mol. The van der Waals surface area contributed by atoms with Crippen molar-refractivity contribution < 1.29 is 33.3 Å². The number of benzene rings is 6. The van der Waals surface area contributed by atoms with Crippen molar-refractivity contribution in [1.29, 1.82) is 0 Å². The van der Waals surface area contributed by atoms with E-state index in [1.165, 1.54) is 0 Å². The molecule has 0 spiro atoms. The van der Waals surface area contributed by atoms with Crippen molar-refractivity contribution in [2.75, 3.05) is 41.5 Å². The molecule has 0 radical (unpaired) electrons. The number of nitrogens with one attached hydrogen (secondary N) is 4. The third-order valence-corrected chi connectivity index (χ3v) is 11.8. The van der Waals surface area contributed by atoms with Gasteiger partial charge in [0.05, 0.1) is 28.4 Å². The van der Waals surface area contributed by atoms with Crippen LogP contribution in [0.15, 0.2) is 170 Å². The Labute approximate surface area is 389 Å². The molecule has 0 aliphatic heterocycles. The fourth-order valence-electron chi connectivity index (χ4n) is 8.31. The van der Waals surface area contributed by atoms with E-state index in [2.05, 4.69) is 30.6 Å². The summed E-state index contributed by atoms with van der Waals surface area (Å²) in [4.78, 5) is 43.1. The Kier molecular flexibility index (Phi) is 14.1. The Bertz CT molecular complexity index is 2560. The van der Waals surface area contributed by atoms with Gasteiger partial charge < -0.3 is 44.3 Å². The van der Waals surface area contributed by atoms with Crippen LogP contribution in [-0.2, 0) is 28.8 Å². The van der Waals surface area contributed by atoms with Crippen molar-refractivity contribution in [1.82, 2.24) is 30.6 Å². The monoisotopic (exact) mass is 896 g/mol. The van der Waals surface area contributed by atoms with E-state index in [0.29, 0.717) is 93.4 Å². The van der Waals surface area contributed by atoms with Gasteiger partial charge in [0.2, 0.25) is 0 Å². The molecule has 8 rings (SSSR count). The lowest BCUT2D eigenvalue weighted by Gasteiger charge is -2.46. The molecule has 0 aliphatic rings. The molecule has 0 unspecified atom stereocenters.